The Kier molecular flexibility index (Phi) is 5.36. The normalized spacial score (nSPS) is 16.6. The number of amides is 1. The van der Waals surface area contributed by atoms with Crippen molar-refractivity contribution in [2.45, 2.75) is 25.4 Å². The molecule has 1 aliphatic rings. The summed E-state index contributed by atoms with van der Waals surface area (Å²) in [5, 5.41) is 0. The first-order chi connectivity index (χ1) is 9.29. The molecular weight excluding hydrogens is 240 g/mol. The van der Waals surface area contributed by atoms with Crippen molar-refractivity contribution in [1.82, 2.24) is 4.90 Å². The zero-order chi connectivity index (χ0) is 13.5. The van der Waals surface area contributed by atoms with E-state index in [1.807, 2.05) is 23.1 Å². The summed E-state index contributed by atoms with van der Waals surface area (Å²) in [5.41, 5.74) is 6.66. The monoisotopic (exact) mass is 262 g/mol. The van der Waals surface area contributed by atoms with Gasteiger partial charge in [0.05, 0.1) is 19.3 Å². The van der Waals surface area contributed by atoms with Crippen LogP contribution in [0.2, 0.25) is 0 Å². The highest BCUT2D eigenvalue weighted by Gasteiger charge is 2.22. The van der Waals surface area contributed by atoms with Crippen molar-refractivity contribution in [3.63, 3.8) is 0 Å². The minimum Gasteiger partial charge on any atom is -0.378 e. The molecule has 2 rings (SSSR count). The van der Waals surface area contributed by atoms with E-state index in [1.54, 1.807) is 0 Å². The summed E-state index contributed by atoms with van der Waals surface area (Å²) in [6.45, 7) is 2.40. The van der Waals surface area contributed by atoms with Crippen LogP contribution in [0.3, 0.4) is 0 Å². The number of hydrogen-bond donors (Lipinski definition) is 1. The van der Waals surface area contributed by atoms with Gasteiger partial charge in [0.25, 0.3) is 0 Å². The highest BCUT2D eigenvalue weighted by atomic mass is 16.5. The van der Waals surface area contributed by atoms with Crippen LogP contribution in [0, 0.1) is 0 Å². The van der Waals surface area contributed by atoms with E-state index in [0.29, 0.717) is 0 Å². The predicted octanol–water partition coefficient (Wildman–Crippen LogP) is 1.20. The van der Waals surface area contributed by atoms with Gasteiger partial charge < -0.3 is 15.4 Å². The van der Waals surface area contributed by atoms with E-state index < -0.39 is 0 Å². The molecular formula is C15H22N2O2. The average molecular weight is 262 g/mol. The highest BCUT2D eigenvalue weighted by Crippen LogP contribution is 2.14. The molecule has 0 bridgehead atoms. The Balaban J connectivity index is 1.65. The second-order valence-corrected chi connectivity index (χ2v) is 4.89. The van der Waals surface area contributed by atoms with E-state index in [4.69, 9.17) is 10.5 Å². The van der Waals surface area contributed by atoms with Crippen molar-refractivity contribution >= 4 is 5.91 Å². The minimum atomic E-state index is 0.0442. The van der Waals surface area contributed by atoms with Crippen LogP contribution in [0.5, 0.6) is 0 Å². The standard InChI is InChI=1S/C15H22N2O2/c16-12-15(18)17-9-6-14(7-10-17)19-11-8-13-4-2-1-3-5-13/h1-5,14H,6-12,16H2. The SMILES string of the molecule is NCC(=O)N1CCC(OCCc2ccccc2)CC1. The third-order valence-corrected chi connectivity index (χ3v) is 3.56. The molecule has 104 valence electrons. The number of benzene rings is 1. The van der Waals surface area contributed by atoms with Gasteiger partial charge in [-0.3, -0.25) is 4.79 Å². The second-order valence-electron chi connectivity index (χ2n) is 4.89. The van der Waals surface area contributed by atoms with Gasteiger partial charge in [-0.15, -0.1) is 0 Å². The van der Waals surface area contributed by atoms with E-state index >= 15 is 0 Å². The van der Waals surface area contributed by atoms with E-state index in [0.717, 1.165) is 39.0 Å². The van der Waals surface area contributed by atoms with Gasteiger partial charge in [0.1, 0.15) is 0 Å². The molecule has 4 heteroatoms. The first-order valence-corrected chi connectivity index (χ1v) is 6.93. The van der Waals surface area contributed by atoms with E-state index in [-0.39, 0.29) is 18.6 Å². The van der Waals surface area contributed by atoms with Crippen molar-refractivity contribution < 1.29 is 9.53 Å². The molecule has 1 saturated heterocycles. The summed E-state index contributed by atoms with van der Waals surface area (Å²) >= 11 is 0. The van der Waals surface area contributed by atoms with Crippen LogP contribution in [0.25, 0.3) is 0 Å². The van der Waals surface area contributed by atoms with Crippen molar-refractivity contribution in [3.8, 4) is 0 Å². The molecule has 0 atom stereocenters. The lowest BCUT2D eigenvalue weighted by molar-refractivity contribution is -0.132. The summed E-state index contributed by atoms with van der Waals surface area (Å²) in [5.74, 6) is 0.0442. The number of hydrogen-bond acceptors (Lipinski definition) is 3. The Morgan fingerprint density at radius 2 is 1.95 bits per heavy atom. The minimum absolute atomic E-state index is 0.0442. The lowest BCUT2D eigenvalue weighted by Gasteiger charge is -2.31. The number of likely N-dealkylation sites (tertiary alicyclic amines) is 1. The molecule has 0 spiro atoms. The molecule has 1 aromatic rings. The van der Waals surface area contributed by atoms with Crippen LogP contribution in [-0.2, 0) is 16.0 Å². The maximum absolute atomic E-state index is 11.4. The number of rotatable bonds is 5. The molecule has 1 heterocycles. The Hall–Kier alpha value is -1.39. The van der Waals surface area contributed by atoms with Crippen molar-refractivity contribution in [1.29, 1.82) is 0 Å². The number of piperidine rings is 1. The summed E-state index contributed by atoms with van der Waals surface area (Å²) < 4.78 is 5.88. The Morgan fingerprint density at radius 1 is 1.26 bits per heavy atom. The molecule has 0 aliphatic carbocycles. The molecule has 1 aliphatic heterocycles. The molecule has 19 heavy (non-hydrogen) atoms. The fraction of sp³-hybridized carbons (Fsp3) is 0.533. The molecule has 0 saturated carbocycles. The smallest absolute Gasteiger partial charge is 0.236 e. The maximum atomic E-state index is 11.4. The molecule has 4 nitrogen and oxygen atoms in total. The predicted molar refractivity (Wildman–Crippen MR) is 74.8 cm³/mol. The lowest BCUT2D eigenvalue weighted by atomic mass is 10.1. The third-order valence-electron chi connectivity index (χ3n) is 3.56. The first kappa shape index (κ1) is 14.0. The fourth-order valence-electron chi connectivity index (χ4n) is 2.39. The fourth-order valence-corrected chi connectivity index (χ4v) is 2.39. The van der Waals surface area contributed by atoms with Gasteiger partial charge in [-0.1, -0.05) is 30.3 Å². The quantitative estimate of drug-likeness (QED) is 0.867. The number of carbonyl (C=O) groups excluding carboxylic acids is 1. The van der Waals surface area contributed by atoms with Gasteiger partial charge in [0, 0.05) is 13.1 Å². The number of nitrogens with zero attached hydrogens (tertiary/aromatic N) is 1. The topological polar surface area (TPSA) is 55.6 Å². The molecule has 0 radical (unpaired) electrons. The summed E-state index contributed by atoms with van der Waals surface area (Å²) in [6.07, 6.45) is 3.06. The van der Waals surface area contributed by atoms with Crippen LogP contribution in [0.1, 0.15) is 18.4 Å². The Morgan fingerprint density at radius 3 is 2.58 bits per heavy atom. The van der Waals surface area contributed by atoms with Crippen molar-refractivity contribution in [2.75, 3.05) is 26.2 Å². The first-order valence-electron chi connectivity index (χ1n) is 6.93. The van der Waals surface area contributed by atoms with Crippen molar-refractivity contribution in [2.24, 2.45) is 5.73 Å². The maximum Gasteiger partial charge on any atom is 0.236 e. The molecule has 2 N–H and O–H groups in total. The lowest BCUT2D eigenvalue weighted by Crippen LogP contribution is -2.43. The number of carbonyl (C=O) groups is 1. The molecule has 0 aromatic heterocycles. The van der Waals surface area contributed by atoms with Crippen LogP contribution >= 0.6 is 0 Å². The van der Waals surface area contributed by atoms with Gasteiger partial charge in [-0.2, -0.15) is 0 Å². The molecule has 1 aromatic carbocycles. The van der Waals surface area contributed by atoms with Crippen molar-refractivity contribution in [3.05, 3.63) is 35.9 Å². The van der Waals surface area contributed by atoms with Gasteiger partial charge in [0.2, 0.25) is 5.91 Å². The second kappa shape index (κ2) is 7.26. The number of ether oxygens (including phenoxy) is 1. The highest BCUT2D eigenvalue weighted by molar-refractivity contribution is 5.78. The van der Waals surface area contributed by atoms with Crippen LogP contribution in [-0.4, -0.2) is 43.2 Å². The van der Waals surface area contributed by atoms with Crippen LogP contribution in [0.15, 0.2) is 30.3 Å². The largest absolute Gasteiger partial charge is 0.378 e. The Bertz CT molecular complexity index is 386. The third kappa shape index (κ3) is 4.33. The zero-order valence-corrected chi connectivity index (χ0v) is 11.3. The summed E-state index contributed by atoms with van der Waals surface area (Å²) in [7, 11) is 0. The van der Waals surface area contributed by atoms with Crippen LogP contribution in [0.4, 0.5) is 0 Å². The molecule has 0 unspecified atom stereocenters. The molecule has 1 amide bonds. The Labute approximate surface area is 114 Å². The van der Waals surface area contributed by atoms with Gasteiger partial charge in [-0.05, 0) is 24.8 Å². The summed E-state index contributed by atoms with van der Waals surface area (Å²) in [6, 6.07) is 10.4. The van der Waals surface area contributed by atoms with Gasteiger partial charge in [-0.25, -0.2) is 0 Å². The zero-order valence-electron chi connectivity index (χ0n) is 11.3. The van der Waals surface area contributed by atoms with Crippen LogP contribution < -0.4 is 5.73 Å². The van der Waals surface area contributed by atoms with E-state index in [9.17, 15) is 4.79 Å². The van der Waals surface area contributed by atoms with E-state index in [1.165, 1.54) is 5.56 Å². The van der Waals surface area contributed by atoms with Gasteiger partial charge >= 0.3 is 0 Å². The van der Waals surface area contributed by atoms with E-state index in [2.05, 4.69) is 12.1 Å². The molecule has 1 fully saturated rings. The van der Waals surface area contributed by atoms with Gasteiger partial charge in [0.15, 0.2) is 0 Å². The number of nitrogens with two attached hydrogens (primary N) is 1. The average Bonchev–Trinajstić information content (AvgIpc) is 2.48. The summed E-state index contributed by atoms with van der Waals surface area (Å²) in [4.78, 5) is 13.3.